The molecule has 5 aromatic carbocycles. The predicted molar refractivity (Wildman–Crippen MR) is 137 cm³/mol. The molecule has 0 aliphatic carbocycles. The van der Waals surface area contributed by atoms with Gasteiger partial charge in [0.1, 0.15) is 0 Å². The van der Waals surface area contributed by atoms with Crippen LogP contribution in [0.5, 0.6) is 0 Å². The molecular weight excluding hydrogens is 466 g/mol. The molecule has 0 N–H and O–H groups in total. The zero-order valence-electron chi connectivity index (χ0n) is 16.4. The van der Waals surface area contributed by atoms with Gasteiger partial charge < -0.3 is 4.40 Å². The van der Waals surface area contributed by atoms with Gasteiger partial charge in [-0.2, -0.15) is 0 Å². The third-order valence-corrected chi connectivity index (χ3v) is 7.08. The van der Waals surface area contributed by atoms with E-state index >= 15 is 0 Å². The predicted octanol–water partition coefficient (Wildman–Crippen LogP) is 9.07. The molecule has 7 aromatic rings. The first-order chi connectivity index (χ1) is 15.2. The molecule has 31 heavy (non-hydrogen) atoms. The number of nitrogens with zero attached hydrogens (tertiary/aromatic N) is 1. The minimum absolute atomic E-state index is 0.729. The van der Waals surface area contributed by atoms with Crippen molar-refractivity contribution >= 4 is 76.4 Å². The molecule has 2 aromatic heterocycles. The summed E-state index contributed by atoms with van der Waals surface area (Å²) >= 11 is 9.93. The van der Waals surface area contributed by atoms with E-state index in [0.29, 0.717) is 0 Å². The summed E-state index contributed by atoms with van der Waals surface area (Å²) in [5.74, 6) is 0. The Hall–Kier alpha value is -3.07. The average Bonchev–Trinajstić information content (AvgIpc) is 3.12. The first-order valence-electron chi connectivity index (χ1n) is 10.3. The third-order valence-electron chi connectivity index (χ3n) is 6.40. The number of fused-ring (bicyclic) bond motifs is 6. The largest absolute Gasteiger partial charge is 0.308 e. The molecule has 0 radical (unpaired) electrons. The lowest BCUT2D eigenvalue weighted by Gasteiger charge is -2.12. The zero-order valence-corrected chi connectivity index (χ0v) is 18.7. The van der Waals surface area contributed by atoms with Crippen LogP contribution in [0.15, 0.2) is 95.5 Å². The first kappa shape index (κ1) is 17.6. The van der Waals surface area contributed by atoms with Crippen molar-refractivity contribution in [3.63, 3.8) is 0 Å². The van der Waals surface area contributed by atoms with Crippen LogP contribution in [0, 0.1) is 0 Å². The van der Waals surface area contributed by atoms with Gasteiger partial charge in [-0.05, 0) is 52.2 Å². The summed E-state index contributed by atoms with van der Waals surface area (Å²) in [6.45, 7) is 0. The fraction of sp³-hybridized carbons (Fsp3) is 0. The van der Waals surface area contributed by atoms with Crippen molar-refractivity contribution < 1.29 is 0 Å². The lowest BCUT2D eigenvalue weighted by atomic mass is 9.98. The molecule has 146 valence electrons. The summed E-state index contributed by atoms with van der Waals surface area (Å²) in [6.07, 6.45) is 0. The Morgan fingerprint density at radius 3 is 2.32 bits per heavy atom. The fourth-order valence-corrected chi connectivity index (χ4v) is 6.01. The van der Waals surface area contributed by atoms with Gasteiger partial charge in [-0.1, -0.05) is 88.2 Å². The molecule has 0 bridgehead atoms. The van der Waals surface area contributed by atoms with Gasteiger partial charge in [0.2, 0.25) is 0 Å². The molecule has 0 aliphatic heterocycles. The smallest absolute Gasteiger partial charge is 0.0625 e. The molecule has 0 atom stereocenters. The molecule has 3 heteroatoms. The van der Waals surface area contributed by atoms with E-state index in [0.717, 1.165) is 20.6 Å². The molecule has 0 saturated heterocycles. The van der Waals surface area contributed by atoms with Gasteiger partial charge in [0.25, 0.3) is 0 Å². The van der Waals surface area contributed by atoms with Crippen LogP contribution in [0.4, 0.5) is 0 Å². The van der Waals surface area contributed by atoms with E-state index in [1.54, 1.807) is 0 Å². The van der Waals surface area contributed by atoms with Crippen LogP contribution in [0.1, 0.15) is 0 Å². The second kappa shape index (κ2) is 6.23. The van der Waals surface area contributed by atoms with Gasteiger partial charge in [-0.15, -0.1) is 0 Å². The third kappa shape index (κ3) is 2.38. The quantitative estimate of drug-likeness (QED) is 0.163. The number of pyridine rings is 1. The van der Waals surface area contributed by atoms with E-state index in [2.05, 4.69) is 99.2 Å². The molecule has 2 heterocycles. The van der Waals surface area contributed by atoms with Crippen molar-refractivity contribution in [1.29, 1.82) is 0 Å². The van der Waals surface area contributed by atoms with Gasteiger partial charge in [0.05, 0.1) is 16.6 Å². The van der Waals surface area contributed by atoms with E-state index in [4.69, 9.17) is 11.6 Å². The highest BCUT2D eigenvalue weighted by Crippen LogP contribution is 2.42. The van der Waals surface area contributed by atoms with Crippen molar-refractivity contribution in [2.45, 2.75) is 0 Å². The molecular formula is C28H15BrClN. The minimum atomic E-state index is 0.729. The number of para-hydroxylation sites is 1. The zero-order chi connectivity index (χ0) is 20.7. The number of hydrogen-bond donors (Lipinski definition) is 0. The van der Waals surface area contributed by atoms with Crippen LogP contribution >= 0.6 is 27.5 Å². The van der Waals surface area contributed by atoms with E-state index in [9.17, 15) is 0 Å². The number of rotatable bonds is 1. The van der Waals surface area contributed by atoms with Crippen molar-refractivity contribution in [2.75, 3.05) is 0 Å². The summed E-state index contributed by atoms with van der Waals surface area (Å²) in [7, 11) is 0. The van der Waals surface area contributed by atoms with Crippen LogP contribution in [0.25, 0.3) is 60.0 Å². The Bertz CT molecular complexity index is 1790. The molecule has 1 nitrogen and oxygen atoms in total. The molecule has 0 saturated carbocycles. The summed E-state index contributed by atoms with van der Waals surface area (Å²) in [5, 5.41) is 8.50. The maximum Gasteiger partial charge on any atom is 0.0625 e. The van der Waals surface area contributed by atoms with E-state index in [1.807, 2.05) is 12.1 Å². The molecule has 0 spiro atoms. The maximum atomic E-state index is 6.35. The van der Waals surface area contributed by atoms with Crippen LogP contribution < -0.4 is 0 Å². The molecule has 0 aliphatic rings. The van der Waals surface area contributed by atoms with Crippen molar-refractivity contribution in [1.82, 2.24) is 4.40 Å². The number of aromatic nitrogens is 1. The van der Waals surface area contributed by atoms with Crippen LogP contribution in [0.3, 0.4) is 0 Å². The Labute approximate surface area is 191 Å². The van der Waals surface area contributed by atoms with Crippen LogP contribution in [-0.2, 0) is 0 Å². The SMILES string of the molecule is Clc1cc(Br)cc(-c2ccc3c4ccc5cccc6c7ccccc7n(c3c2)c4c56)c1. The summed E-state index contributed by atoms with van der Waals surface area (Å²) in [4.78, 5) is 0. The first-order valence-corrected chi connectivity index (χ1v) is 11.4. The monoisotopic (exact) mass is 479 g/mol. The number of halogens is 2. The molecule has 7 rings (SSSR count). The van der Waals surface area contributed by atoms with E-state index in [-0.39, 0.29) is 0 Å². The lowest BCUT2D eigenvalue weighted by molar-refractivity contribution is 1.35. The van der Waals surface area contributed by atoms with Gasteiger partial charge in [-0.3, -0.25) is 0 Å². The van der Waals surface area contributed by atoms with E-state index < -0.39 is 0 Å². The van der Waals surface area contributed by atoms with Gasteiger partial charge >= 0.3 is 0 Å². The number of hydrogen-bond acceptors (Lipinski definition) is 0. The molecule has 0 amide bonds. The number of benzene rings is 5. The Morgan fingerprint density at radius 1 is 0.613 bits per heavy atom. The average molecular weight is 481 g/mol. The topological polar surface area (TPSA) is 4.41 Å². The fourth-order valence-electron chi connectivity index (χ4n) is 5.15. The highest BCUT2D eigenvalue weighted by atomic mass is 79.9. The van der Waals surface area contributed by atoms with Crippen molar-refractivity contribution in [2.24, 2.45) is 0 Å². The molecule has 0 fully saturated rings. The standard InChI is InChI=1S/C28H15BrClN/c29-19-12-18(13-20(30)15-19)17-9-10-22-24-11-8-16-4-3-6-23-21-5-1-2-7-25(21)31(26(22)14-17)28(24)27(16)23/h1-15H. The van der Waals surface area contributed by atoms with Crippen molar-refractivity contribution in [3.8, 4) is 11.1 Å². The summed E-state index contributed by atoms with van der Waals surface area (Å²) in [5.41, 5.74) is 6.01. The van der Waals surface area contributed by atoms with E-state index in [1.165, 1.54) is 48.9 Å². The lowest BCUT2D eigenvalue weighted by Crippen LogP contribution is -1.92. The molecule has 0 unspecified atom stereocenters. The van der Waals surface area contributed by atoms with Gasteiger partial charge in [0, 0.05) is 31.0 Å². The summed E-state index contributed by atoms with van der Waals surface area (Å²) in [6, 6.07) is 32.7. The normalized spacial score (nSPS) is 12.2. The second-order valence-electron chi connectivity index (χ2n) is 8.11. The highest BCUT2D eigenvalue weighted by Gasteiger charge is 2.18. The van der Waals surface area contributed by atoms with Crippen molar-refractivity contribution in [3.05, 3.63) is 100 Å². The minimum Gasteiger partial charge on any atom is -0.308 e. The summed E-state index contributed by atoms with van der Waals surface area (Å²) < 4.78 is 3.43. The van der Waals surface area contributed by atoms with Crippen LogP contribution in [0.2, 0.25) is 5.02 Å². The van der Waals surface area contributed by atoms with Gasteiger partial charge in [0.15, 0.2) is 0 Å². The van der Waals surface area contributed by atoms with Gasteiger partial charge in [-0.25, -0.2) is 0 Å². The Morgan fingerprint density at radius 2 is 1.42 bits per heavy atom. The Kier molecular flexibility index (Phi) is 3.53. The Balaban J connectivity index is 1.73. The highest BCUT2D eigenvalue weighted by molar-refractivity contribution is 9.10. The second-order valence-corrected chi connectivity index (χ2v) is 9.46. The maximum absolute atomic E-state index is 6.35. The van der Waals surface area contributed by atoms with Crippen LogP contribution in [-0.4, -0.2) is 4.40 Å².